The summed E-state index contributed by atoms with van der Waals surface area (Å²) in [6.45, 7) is 4.32. The Morgan fingerprint density at radius 2 is 1.27 bits per heavy atom. The predicted octanol–water partition coefficient (Wildman–Crippen LogP) is 5.16. The van der Waals surface area contributed by atoms with Crippen LogP contribution in [0.2, 0.25) is 24.2 Å². The summed E-state index contributed by atoms with van der Waals surface area (Å²) in [6.07, 6.45) is 15.3. The number of hydrogen-bond acceptors (Lipinski definition) is 0. The summed E-state index contributed by atoms with van der Waals surface area (Å²) in [5.74, 6) is 0. The lowest BCUT2D eigenvalue weighted by molar-refractivity contribution is 0.720. The van der Waals surface area contributed by atoms with Crippen molar-refractivity contribution in [2.75, 3.05) is 0 Å². The van der Waals surface area contributed by atoms with Crippen LogP contribution in [0.25, 0.3) is 0 Å². The molecule has 0 nitrogen and oxygen atoms in total. The molecule has 0 radical (unpaired) electrons. The van der Waals surface area contributed by atoms with E-state index in [9.17, 15) is 0 Å². The summed E-state index contributed by atoms with van der Waals surface area (Å²) in [5.41, 5.74) is 0. The zero-order valence-electron chi connectivity index (χ0n) is 10.5. The van der Waals surface area contributed by atoms with Gasteiger partial charge in [-0.05, 0) is 25.9 Å². The molecule has 1 heteroatoms. The monoisotopic (exact) mass is 222 g/mol. The fraction of sp³-hybridized carbons (Fsp3) is 0.714. The molecule has 1 rings (SSSR count). The van der Waals surface area contributed by atoms with Gasteiger partial charge in [-0.3, -0.25) is 0 Å². The van der Waals surface area contributed by atoms with Gasteiger partial charge in [-0.2, -0.15) is 0 Å². The normalized spacial score (nSPS) is 22.3. The Morgan fingerprint density at radius 3 is 1.67 bits per heavy atom. The first-order valence-corrected chi connectivity index (χ1v) is 9.38. The van der Waals surface area contributed by atoms with Gasteiger partial charge in [0.15, 0.2) is 0 Å². The van der Waals surface area contributed by atoms with Crippen LogP contribution >= 0.6 is 0 Å². The van der Waals surface area contributed by atoms with E-state index < -0.39 is 8.07 Å². The van der Waals surface area contributed by atoms with Crippen molar-refractivity contribution in [3.05, 3.63) is 24.3 Å². The molecule has 0 bridgehead atoms. The highest BCUT2D eigenvalue weighted by atomic mass is 28.3. The highest BCUT2D eigenvalue weighted by Crippen LogP contribution is 2.34. The van der Waals surface area contributed by atoms with E-state index in [1.807, 2.05) is 0 Å². The van der Waals surface area contributed by atoms with E-state index in [1.54, 1.807) is 12.1 Å². The van der Waals surface area contributed by atoms with Crippen LogP contribution in [0.1, 0.15) is 39.5 Å². The molecule has 0 aromatic heterocycles. The molecule has 1 fully saturated rings. The minimum atomic E-state index is -0.949. The maximum absolute atomic E-state index is 2.43. The molecule has 0 spiro atoms. The van der Waals surface area contributed by atoms with E-state index in [4.69, 9.17) is 0 Å². The van der Waals surface area contributed by atoms with Gasteiger partial charge < -0.3 is 0 Å². The second-order valence-corrected chi connectivity index (χ2v) is 9.78. The summed E-state index contributed by atoms with van der Waals surface area (Å²) in [5, 5.41) is 0. The van der Waals surface area contributed by atoms with E-state index >= 15 is 0 Å². The van der Waals surface area contributed by atoms with Crippen molar-refractivity contribution >= 4 is 8.07 Å². The summed E-state index contributed by atoms with van der Waals surface area (Å²) >= 11 is 0. The van der Waals surface area contributed by atoms with Crippen molar-refractivity contribution in [2.24, 2.45) is 0 Å². The van der Waals surface area contributed by atoms with Crippen LogP contribution in [-0.4, -0.2) is 8.07 Å². The second-order valence-electron chi connectivity index (χ2n) is 4.96. The van der Waals surface area contributed by atoms with Crippen molar-refractivity contribution in [2.45, 2.75) is 63.7 Å². The molecule has 0 atom stereocenters. The largest absolute Gasteiger partial charge is 0.0919 e. The smallest absolute Gasteiger partial charge is 0.0610 e. The van der Waals surface area contributed by atoms with Crippen LogP contribution in [0.4, 0.5) is 0 Å². The molecule has 0 amide bonds. The molecule has 0 N–H and O–H groups in total. The van der Waals surface area contributed by atoms with Gasteiger partial charge >= 0.3 is 0 Å². The molecule has 0 saturated carbocycles. The van der Waals surface area contributed by atoms with Gasteiger partial charge in [0, 0.05) is 0 Å². The average molecular weight is 222 g/mol. The van der Waals surface area contributed by atoms with Gasteiger partial charge in [0.1, 0.15) is 0 Å². The predicted molar refractivity (Wildman–Crippen MR) is 73.1 cm³/mol. The standard InChI is InChI=1S/C14H26Si/c1-3-5-11-15(12-6-4-2)13-9-7-8-10-14-15/h3-6H,7-14H2,1-2H3. The number of hydrogen-bond donors (Lipinski definition) is 0. The van der Waals surface area contributed by atoms with Crippen LogP contribution in [0.15, 0.2) is 24.3 Å². The van der Waals surface area contributed by atoms with E-state index in [1.165, 1.54) is 37.8 Å². The van der Waals surface area contributed by atoms with E-state index in [2.05, 4.69) is 38.2 Å². The van der Waals surface area contributed by atoms with Crippen LogP contribution in [0.3, 0.4) is 0 Å². The Balaban J connectivity index is 2.63. The molecule has 0 aromatic rings. The molecule has 1 saturated heterocycles. The van der Waals surface area contributed by atoms with E-state index in [0.717, 1.165) is 0 Å². The Labute approximate surface area is 96.5 Å². The molecule has 0 aliphatic carbocycles. The van der Waals surface area contributed by atoms with Crippen LogP contribution in [0, 0.1) is 0 Å². The zero-order valence-corrected chi connectivity index (χ0v) is 11.5. The molecule has 1 aliphatic rings. The maximum atomic E-state index is 2.43. The summed E-state index contributed by atoms with van der Waals surface area (Å²) in [4.78, 5) is 0. The third-order valence-corrected chi connectivity index (χ3v) is 8.77. The Bertz CT molecular complexity index is 191. The van der Waals surface area contributed by atoms with E-state index in [-0.39, 0.29) is 0 Å². The third kappa shape index (κ3) is 4.37. The van der Waals surface area contributed by atoms with Gasteiger partial charge in [-0.25, -0.2) is 0 Å². The first kappa shape index (κ1) is 12.8. The lowest BCUT2D eigenvalue weighted by Crippen LogP contribution is -2.31. The van der Waals surface area contributed by atoms with Crippen molar-refractivity contribution in [1.29, 1.82) is 0 Å². The van der Waals surface area contributed by atoms with Gasteiger partial charge in [0.25, 0.3) is 0 Å². The molecule has 0 unspecified atom stereocenters. The molecule has 0 aromatic carbocycles. The highest BCUT2D eigenvalue weighted by molar-refractivity contribution is 6.80. The fourth-order valence-electron chi connectivity index (χ4n) is 2.71. The van der Waals surface area contributed by atoms with Crippen molar-refractivity contribution in [3.8, 4) is 0 Å². The minimum absolute atomic E-state index is 0.949. The maximum Gasteiger partial charge on any atom is 0.0610 e. The number of rotatable bonds is 4. The summed E-state index contributed by atoms with van der Waals surface area (Å²) < 4.78 is 0. The lowest BCUT2D eigenvalue weighted by Gasteiger charge is -2.28. The third-order valence-electron chi connectivity index (χ3n) is 3.74. The zero-order chi connectivity index (χ0) is 11.0. The molecular formula is C14H26Si. The molecule has 1 aliphatic heterocycles. The van der Waals surface area contributed by atoms with Crippen molar-refractivity contribution in [1.82, 2.24) is 0 Å². The first-order valence-electron chi connectivity index (χ1n) is 6.55. The van der Waals surface area contributed by atoms with Crippen LogP contribution < -0.4 is 0 Å². The van der Waals surface area contributed by atoms with Gasteiger partial charge in [-0.1, -0.05) is 62.1 Å². The van der Waals surface area contributed by atoms with Gasteiger partial charge in [0.2, 0.25) is 0 Å². The quantitative estimate of drug-likeness (QED) is 0.455. The van der Waals surface area contributed by atoms with Gasteiger partial charge in [-0.15, -0.1) is 0 Å². The number of allylic oxidation sites excluding steroid dienone is 4. The van der Waals surface area contributed by atoms with Crippen LogP contribution in [0.5, 0.6) is 0 Å². The minimum Gasteiger partial charge on any atom is -0.0919 e. The lowest BCUT2D eigenvalue weighted by atomic mass is 10.2. The van der Waals surface area contributed by atoms with Gasteiger partial charge in [0.05, 0.1) is 8.07 Å². The van der Waals surface area contributed by atoms with Crippen molar-refractivity contribution in [3.63, 3.8) is 0 Å². The molecule has 86 valence electrons. The average Bonchev–Trinajstić information content (AvgIpc) is 2.50. The molecule has 1 heterocycles. The topological polar surface area (TPSA) is 0 Å². The molecule has 15 heavy (non-hydrogen) atoms. The fourth-order valence-corrected chi connectivity index (χ4v) is 7.41. The SMILES string of the molecule is CC=CC[Si]1(CC=CC)CCCCCC1. The first-order chi connectivity index (χ1) is 7.33. The second kappa shape index (κ2) is 7.05. The summed E-state index contributed by atoms with van der Waals surface area (Å²) in [6, 6.07) is 5.99. The van der Waals surface area contributed by atoms with E-state index in [0.29, 0.717) is 0 Å². The van der Waals surface area contributed by atoms with Crippen LogP contribution in [-0.2, 0) is 0 Å². The highest BCUT2D eigenvalue weighted by Gasteiger charge is 2.30. The molecular weight excluding hydrogens is 196 g/mol. The Morgan fingerprint density at radius 1 is 0.800 bits per heavy atom. The Hall–Kier alpha value is -0.303. The van der Waals surface area contributed by atoms with Crippen molar-refractivity contribution < 1.29 is 0 Å². The summed E-state index contributed by atoms with van der Waals surface area (Å²) in [7, 11) is -0.949. The Kier molecular flexibility index (Phi) is 6.00.